The minimum Gasteiger partial charge on any atom is -0.467 e. The van der Waals surface area contributed by atoms with Gasteiger partial charge in [-0.1, -0.05) is 6.92 Å². The van der Waals surface area contributed by atoms with Crippen LogP contribution >= 0.6 is 0 Å². The number of methoxy groups -OCH3 is 1. The quantitative estimate of drug-likeness (QED) is 0.688. The summed E-state index contributed by atoms with van der Waals surface area (Å²) in [6.07, 6.45) is 8.08. The zero-order valence-electron chi connectivity index (χ0n) is 17.4. The average Bonchev–Trinajstić information content (AvgIpc) is 2.73. The summed E-state index contributed by atoms with van der Waals surface area (Å²) in [5.41, 5.74) is 0. The summed E-state index contributed by atoms with van der Waals surface area (Å²) in [5.74, 6) is 2.44. The number of hydrogen-bond acceptors (Lipinski definition) is 6. The largest absolute Gasteiger partial charge is 0.467 e. The fraction of sp³-hybridized carbons (Fsp3) is 0.762. The standard InChI is InChI=1S/C21H35N5O2/c1-17-5-12-25(13-6-17)11-3-9-22-20(27)16-18-7-14-26(15-8-18)19-4-10-23-21(24-19)28-2/h4,10,17-18H,3,5-9,11-16H2,1-2H3,(H,22,27). The van der Waals surface area contributed by atoms with E-state index >= 15 is 0 Å². The highest BCUT2D eigenvalue weighted by atomic mass is 16.5. The second kappa shape index (κ2) is 10.6. The van der Waals surface area contributed by atoms with Crippen LogP contribution in [0.15, 0.2) is 12.3 Å². The molecule has 1 amide bonds. The highest BCUT2D eigenvalue weighted by molar-refractivity contribution is 5.76. The van der Waals surface area contributed by atoms with Crippen molar-refractivity contribution >= 4 is 11.7 Å². The molecule has 0 aliphatic carbocycles. The van der Waals surface area contributed by atoms with Crippen molar-refractivity contribution in [3.63, 3.8) is 0 Å². The molecule has 7 nitrogen and oxygen atoms in total. The predicted octanol–water partition coefficient (Wildman–Crippen LogP) is 2.33. The van der Waals surface area contributed by atoms with Gasteiger partial charge in [0.2, 0.25) is 5.91 Å². The van der Waals surface area contributed by atoms with Crippen molar-refractivity contribution < 1.29 is 9.53 Å². The Morgan fingerprint density at radius 2 is 1.96 bits per heavy atom. The van der Waals surface area contributed by atoms with Crippen molar-refractivity contribution in [3.05, 3.63) is 12.3 Å². The third kappa shape index (κ3) is 6.33. The van der Waals surface area contributed by atoms with Crippen LogP contribution in [-0.2, 0) is 4.79 Å². The van der Waals surface area contributed by atoms with Crippen LogP contribution in [0.3, 0.4) is 0 Å². The normalized spacial score (nSPS) is 19.6. The molecule has 3 rings (SSSR count). The van der Waals surface area contributed by atoms with Crippen molar-refractivity contribution in [2.75, 3.05) is 51.3 Å². The van der Waals surface area contributed by atoms with E-state index in [9.17, 15) is 4.79 Å². The number of likely N-dealkylation sites (tertiary alicyclic amines) is 1. The number of ether oxygens (including phenoxy) is 1. The average molecular weight is 390 g/mol. The number of amides is 1. The van der Waals surface area contributed by atoms with Gasteiger partial charge in [-0.15, -0.1) is 0 Å². The molecule has 0 saturated carbocycles. The first-order chi connectivity index (χ1) is 13.6. The molecular weight excluding hydrogens is 354 g/mol. The molecule has 7 heteroatoms. The maximum Gasteiger partial charge on any atom is 0.318 e. The summed E-state index contributed by atoms with van der Waals surface area (Å²) < 4.78 is 5.10. The fourth-order valence-corrected chi connectivity index (χ4v) is 4.12. The van der Waals surface area contributed by atoms with Crippen molar-refractivity contribution in [2.45, 2.75) is 45.4 Å². The summed E-state index contributed by atoms with van der Waals surface area (Å²) in [7, 11) is 1.58. The molecule has 1 aromatic heterocycles. The van der Waals surface area contributed by atoms with E-state index < -0.39 is 0 Å². The number of hydrogen-bond donors (Lipinski definition) is 1. The highest BCUT2D eigenvalue weighted by Crippen LogP contribution is 2.24. The van der Waals surface area contributed by atoms with Crippen LogP contribution in [0.5, 0.6) is 6.01 Å². The highest BCUT2D eigenvalue weighted by Gasteiger charge is 2.22. The second-order valence-electron chi connectivity index (χ2n) is 8.26. The van der Waals surface area contributed by atoms with Crippen LogP contribution in [0.1, 0.15) is 45.4 Å². The third-order valence-electron chi connectivity index (χ3n) is 6.06. The molecule has 156 valence electrons. The Morgan fingerprint density at radius 1 is 1.21 bits per heavy atom. The molecule has 2 saturated heterocycles. The molecule has 0 aromatic carbocycles. The first-order valence-corrected chi connectivity index (χ1v) is 10.7. The summed E-state index contributed by atoms with van der Waals surface area (Å²) in [6.45, 7) is 8.51. The lowest BCUT2D eigenvalue weighted by Gasteiger charge is -2.32. The van der Waals surface area contributed by atoms with Crippen molar-refractivity contribution in [3.8, 4) is 6.01 Å². The van der Waals surface area contributed by atoms with Gasteiger partial charge < -0.3 is 19.9 Å². The molecule has 0 bridgehead atoms. The summed E-state index contributed by atoms with van der Waals surface area (Å²) in [4.78, 5) is 25.5. The SMILES string of the molecule is COc1nccc(N2CCC(CC(=O)NCCCN3CCC(C)CC3)CC2)n1. The van der Waals surface area contributed by atoms with Gasteiger partial charge in [-0.3, -0.25) is 4.79 Å². The number of nitrogens with one attached hydrogen (secondary N) is 1. The van der Waals surface area contributed by atoms with Gasteiger partial charge in [0, 0.05) is 32.3 Å². The number of carbonyl (C=O) groups excluding carboxylic acids is 1. The van der Waals surface area contributed by atoms with Crippen molar-refractivity contribution in [2.24, 2.45) is 11.8 Å². The van der Waals surface area contributed by atoms with E-state index in [1.54, 1.807) is 13.3 Å². The third-order valence-corrected chi connectivity index (χ3v) is 6.06. The number of rotatable bonds is 8. The lowest BCUT2D eigenvalue weighted by molar-refractivity contribution is -0.122. The number of anilines is 1. The number of aromatic nitrogens is 2. The van der Waals surface area contributed by atoms with Gasteiger partial charge in [0.15, 0.2) is 0 Å². The van der Waals surface area contributed by atoms with Crippen LogP contribution in [0.4, 0.5) is 5.82 Å². The fourth-order valence-electron chi connectivity index (χ4n) is 4.12. The van der Waals surface area contributed by atoms with E-state index in [0.29, 0.717) is 18.3 Å². The van der Waals surface area contributed by atoms with Crippen LogP contribution < -0.4 is 15.0 Å². The van der Waals surface area contributed by atoms with Crippen LogP contribution in [0, 0.1) is 11.8 Å². The molecule has 0 spiro atoms. The Hall–Kier alpha value is -1.89. The molecule has 0 atom stereocenters. The summed E-state index contributed by atoms with van der Waals surface area (Å²) in [5, 5.41) is 3.12. The molecule has 3 heterocycles. The molecule has 28 heavy (non-hydrogen) atoms. The number of carbonyl (C=O) groups is 1. The zero-order valence-corrected chi connectivity index (χ0v) is 17.4. The van der Waals surface area contributed by atoms with Gasteiger partial charge in [-0.25, -0.2) is 4.98 Å². The lowest BCUT2D eigenvalue weighted by atomic mass is 9.93. The molecule has 1 aromatic rings. The van der Waals surface area contributed by atoms with Gasteiger partial charge in [0.1, 0.15) is 5.82 Å². The molecular formula is C21H35N5O2. The summed E-state index contributed by atoms with van der Waals surface area (Å²) >= 11 is 0. The van der Waals surface area contributed by atoms with E-state index in [1.165, 1.54) is 25.9 Å². The minimum atomic E-state index is 0.203. The Bertz CT molecular complexity index is 611. The first-order valence-electron chi connectivity index (χ1n) is 10.7. The monoisotopic (exact) mass is 389 g/mol. The van der Waals surface area contributed by atoms with E-state index in [0.717, 1.165) is 57.2 Å². The first kappa shape index (κ1) is 20.8. The smallest absolute Gasteiger partial charge is 0.318 e. The minimum absolute atomic E-state index is 0.203. The van der Waals surface area contributed by atoms with E-state index in [1.807, 2.05) is 6.07 Å². The Balaban J connectivity index is 1.29. The van der Waals surface area contributed by atoms with Gasteiger partial charge in [0.25, 0.3) is 0 Å². The van der Waals surface area contributed by atoms with E-state index in [4.69, 9.17) is 4.74 Å². The van der Waals surface area contributed by atoms with E-state index in [-0.39, 0.29) is 5.91 Å². The van der Waals surface area contributed by atoms with Gasteiger partial charge in [-0.05, 0) is 69.6 Å². The summed E-state index contributed by atoms with van der Waals surface area (Å²) in [6, 6.07) is 2.32. The molecule has 1 N–H and O–H groups in total. The van der Waals surface area contributed by atoms with Crippen LogP contribution in [0.2, 0.25) is 0 Å². The molecule has 2 fully saturated rings. The maximum atomic E-state index is 12.3. The lowest BCUT2D eigenvalue weighted by Crippen LogP contribution is -2.37. The van der Waals surface area contributed by atoms with Gasteiger partial charge in [-0.2, -0.15) is 4.98 Å². The number of piperidine rings is 2. The Labute approximate surface area is 168 Å². The van der Waals surface area contributed by atoms with Gasteiger partial charge >= 0.3 is 6.01 Å². The molecule has 2 aliphatic heterocycles. The number of nitrogens with zero attached hydrogens (tertiary/aromatic N) is 4. The topological polar surface area (TPSA) is 70.6 Å². The van der Waals surface area contributed by atoms with Crippen molar-refractivity contribution in [1.82, 2.24) is 20.2 Å². The Morgan fingerprint density at radius 3 is 2.68 bits per heavy atom. The predicted molar refractivity (Wildman–Crippen MR) is 111 cm³/mol. The maximum absolute atomic E-state index is 12.3. The van der Waals surface area contributed by atoms with Crippen molar-refractivity contribution in [1.29, 1.82) is 0 Å². The molecule has 0 radical (unpaired) electrons. The molecule has 2 aliphatic rings. The second-order valence-corrected chi connectivity index (χ2v) is 8.26. The van der Waals surface area contributed by atoms with Crippen LogP contribution in [-0.4, -0.2) is 67.2 Å². The van der Waals surface area contributed by atoms with Crippen LogP contribution in [0.25, 0.3) is 0 Å². The Kier molecular flexibility index (Phi) is 7.89. The molecule has 0 unspecified atom stereocenters. The van der Waals surface area contributed by atoms with Gasteiger partial charge in [0.05, 0.1) is 7.11 Å². The van der Waals surface area contributed by atoms with E-state index in [2.05, 4.69) is 32.0 Å². The zero-order chi connectivity index (χ0) is 19.8.